The van der Waals surface area contributed by atoms with E-state index in [0.29, 0.717) is 17.1 Å². The topological polar surface area (TPSA) is 59.4 Å². The van der Waals surface area contributed by atoms with Gasteiger partial charge in [-0.1, -0.05) is 6.92 Å². The number of aromatic nitrogens is 1. The van der Waals surface area contributed by atoms with Crippen molar-refractivity contribution < 1.29 is 14.6 Å². The number of aromatic carboxylic acids is 1. The number of nitrogens with zero attached hydrogens (tertiary/aromatic N) is 1. The van der Waals surface area contributed by atoms with Gasteiger partial charge in [-0.25, -0.2) is 4.79 Å². The zero-order valence-corrected chi connectivity index (χ0v) is 11.8. The zero-order valence-electron chi connectivity index (χ0n) is 11.8. The zero-order chi connectivity index (χ0) is 14.7. The number of hydrogen-bond acceptors (Lipinski definition) is 3. The molecule has 0 aliphatic heterocycles. The molecule has 1 aromatic heterocycles. The van der Waals surface area contributed by atoms with E-state index in [4.69, 9.17) is 9.84 Å². The third kappa shape index (κ3) is 2.96. The smallest absolute Gasteiger partial charge is 0.335 e. The Morgan fingerprint density at radius 3 is 2.60 bits per heavy atom. The molecule has 1 aromatic carbocycles. The summed E-state index contributed by atoms with van der Waals surface area (Å²) < 4.78 is 5.82. The molecule has 0 aliphatic carbocycles. The fraction of sp³-hybridized carbons (Fsp3) is 0.250. The molecule has 0 radical (unpaired) electrons. The van der Waals surface area contributed by atoms with Crippen LogP contribution in [0.15, 0.2) is 30.3 Å². The predicted molar refractivity (Wildman–Crippen MR) is 76.6 cm³/mol. The molecule has 0 unspecified atom stereocenters. The Morgan fingerprint density at radius 1 is 1.25 bits per heavy atom. The Labute approximate surface area is 118 Å². The third-order valence-corrected chi connectivity index (χ3v) is 3.06. The molecule has 20 heavy (non-hydrogen) atoms. The second-order valence-corrected chi connectivity index (χ2v) is 4.63. The molecular formula is C16H17NO3. The lowest BCUT2D eigenvalue weighted by atomic mass is 10.1. The number of aryl methyl sites for hydroxylation is 3. The maximum atomic E-state index is 11.0. The lowest BCUT2D eigenvalue weighted by Crippen LogP contribution is -2.00. The Bertz CT molecular complexity index is 650. The molecule has 0 atom stereocenters. The van der Waals surface area contributed by atoms with E-state index < -0.39 is 5.97 Å². The molecule has 0 spiro atoms. The summed E-state index contributed by atoms with van der Waals surface area (Å²) in [5.41, 5.74) is 2.81. The van der Waals surface area contributed by atoms with Gasteiger partial charge in [-0.05, 0) is 56.2 Å². The van der Waals surface area contributed by atoms with Gasteiger partial charge in [-0.15, -0.1) is 0 Å². The van der Waals surface area contributed by atoms with Crippen LogP contribution in [-0.2, 0) is 6.42 Å². The van der Waals surface area contributed by atoms with Gasteiger partial charge in [0.05, 0.1) is 11.3 Å². The molecule has 0 bridgehead atoms. The second-order valence-electron chi connectivity index (χ2n) is 4.63. The van der Waals surface area contributed by atoms with Crippen LogP contribution in [0.4, 0.5) is 0 Å². The minimum atomic E-state index is -0.930. The SMILES string of the molecule is CCc1nc(C)ccc1Oc1ccc(C(=O)O)c(C)c1. The molecule has 4 heteroatoms. The summed E-state index contributed by atoms with van der Waals surface area (Å²) >= 11 is 0. The molecule has 104 valence electrons. The Hall–Kier alpha value is -2.36. The van der Waals surface area contributed by atoms with Crippen LogP contribution in [0.3, 0.4) is 0 Å². The van der Waals surface area contributed by atoms with Crippen molar-refractivity contribution in [1.82, 2.24) is 4.98 Å². The highest BCUT2D eigenvalue weighted by molar-refractivity contribution is 5.89. The van der Waals surface area contributed by atoms with Crippen molar-refractivity contribution in [2.75, 3.05) is 0 Å². The van der Waals surface area contributed by atoms with Crippen LogP contribution in [-0.4, -0.2) is 16.1 Å². The van der Waals surface area contributed by atoms with Crippen molar-refractivity contribution in [1.29, 1.82) is 0 Å². The monoisotopic (exact) mass is 271 g/mol. The van der Waals surface area contributed by atoms with Crippen molar-refractivity contribution in [3.05, 3.63) is 52.8 Å². The minimum absolute atomic E-state index is 0.287. The van der Waals surface area contributed by atoms with E-state index in [-0.39, 0.29) is 5.56 Å². The molecule has 2 rings (SSSR count). The van der Waals surface area contributed by atoms with E-state index in [1.165, 1.54) is 0 Å². The van der Waals surface area contributed by atoms with E-state index in [1.807, 2.05) is 26.0 Å². The average Bonchev–Trinajstić information content (AvgIpc) is 2.40. The molecule has 0 saturated heterocycles. The number of benzene rings is 1. The summed E-state index contributed by atoms with van der Waals surface area (Å²) in [5, 5.41) is 9.01. The summed E-state index contributed by atoms with van der Waals surface area (Å²) in [6.45, 7) is 5.71. The van der Waals surface area contributed by atoms with Crippen molar-refractivity contribution in [3.8, 4) is 11.5 Å². The number of carboxylic acids is 1. The number of hydrogen-bond donors (Lipinski definition) is 1. The highest BCUT2D eigenvalue weighted by atomic mass is 16.5. The first-order valence-electron chi connectivity index (χ1n) is 6.49. The Morgan fingerprint density at radius 2 is 2.00 bits per heavy atom. The van der Waals surface area contributed by atoms with Gasteiger partial charge < -0.3 is 9.84 Å². The molecule has 0 aliphatic rings. The summed E-state index contributed by atoms with van der Waals surface area (Å²) in [6.07, 6.45) is 0.781. The van der Waals surface area contributed by atoms with Gasteiger partial charge in [-0.2, -0.15) is 0 Å². The third-order valence-electron chi connectivity index (χ3n) is 3.06. The molecule has 0 amide bonds. The molecule has 0 fully saturated rings. The molecular weight excluding hydrogens is 254 g/mol. The van der Waals surface area contributed by atoms with Crippen molar-refractivity contribution in [3.63, 3.8) is 0 Å². The van der Waals surface area contributed by atoms with Crippen molar-refractivity contribution in [2.45, 2.75) is 27.2 Å². The number of carboxylic acid groups (broad SMARTS) is 1. The number of carbonyl (C=O) groups is 1. The van der Waals surface area contributed by atoms with Gasteiger partial charge in [-0.3, -0.25) is 4.98 Å². The maximum Gasteiger partial charge on any atom is 0.335 e. The summed E-state index contributed by atoms with van der Waals surface area (Å²) in [7, 11) is 0. The van der Waals surface area contributed by atoms with Crippen LogP contribution in [0.25, 0.3) is 0 Å². The van der Waals surface area contributed by atoms with Crippen LogP contribution >= 0.6 is 0 Å². The lowest BCUT2D eigenvalue weighted by Gasteiger charge is -2.11. The van der Waals surface area contributed by atoms with Crippen LogP contribution in [0.1, 0.15) is 34.2 Å². The quantitative estimate of drug-likeness (QED) is 0.920. The Kier molecular flexibility index (Phi) is 4.03. The Balaban J connectivity index is 2.31. The van der Waals surface area contributed by atoms with Gasteiger partial charge in [0.15, 0.2) is 0 Å². The van der Waals surface area contributed by atoms with E-state index in [0.717, 1.165) is 17.8 Å². The van der Waals surface area contributed by atoms with Crippen LogP contribution in [0.5, 0.6) is 11.5 Å². The van der Waals surface area contributed by atoms with E-state index >= 15 is 0 Å². The second kappa shape index (κ2) is 5.74. The van der Waals surface area contributed by atoms with Crippen molar-refractivity contribution in [2.24, 2.45) is 0 Å². The van der Waals surface area contributed by atoms with Gasteiger partial charge in [0.1, 0.15) is 11.5 Å². The minimum Gasteiger partial charge on any atom is -0.478 e. The highest BCUT2D eigenvalue weighted by Crippen LogP contribution is 2.26. The fourth-order valence-electron chi connectivity index (χ4n) is 2.01. The van der Waals surface area contributed by atoms with Crippen LogP contribution < -0.4 is 4.74 Å². The maximum absolute atomic E-state index is 11.0. The summed E-state index contributed by atoms with van der Waals surface area (Å²) in [4.78, 5) is 15.4. The predicted octanol–water partition coefficient (Wildman–Crippen LogP) is 3.75. The van der Waals surface area contributed by atoms with E-state index in [1.54, 1.807) is 25.1 Å². The first-order chi connectivity index (χ1) is 9.51. The lowest BCUT2D eigenvalue weighted by molar-refractivity contribution is 0.0696. The number of pyridine rings is 1. The highest BCUT2D eigenvalue weighted by Gasteiger charge is 2.10. The van der Waals surface area contributed by atoms with Gasteiger partial charge in [0.2, 0.25) is 0 Å². The summed E-state index contributed by atoms with van der Waals surface area (Å²) in [5.74, 6) is 0.397. The molecule has 1 N–H and O–H groups in total. The van der Waals surface area contributed by atoms with Gasteiger partial charge >= 0.3 is 5.97 Å². The van der Waals surface area contributed by atoms with E-state index in [2.05, 4.69) is 4.98 Å². The average molecular weight is 271 g/mol. The van der Waals surface area contributed by atoms with Crippen molar-refractivity contribution >= 4 is 5.97 Å². The molecule has 4 nitrogen and oxygen atoms in total. The number of rotatable bonds is 4. The fourth-order valence-corrected chi connectivity index (χ4v) is 2.01. The number of ether oxygens (including phenoxy) is 1. The van der Waals surface area contributed by atoms with E-state index in [9.17, 15) is 4.79 Å². The van der Waals surface area contributed by atoms with Crippen LogP contribution in [0, 0.1) is 13.8 Å². The molecule has 2 aromatic rings. The summed E-state index contributed by atoms with van der Waals surface area (Å²) in [6, 6.07) is 8.73. The van der Waals surface area contributed by atoms with Gasteiger partial charge in [0.25, 0.3) is 0 Å². The largest absolute Gasteiger partial charge is 0.478 e. The first-order valence-corrected chi connectivity index (χ1v) is 6.49. The van der Waals surface area contributed by atoms with Gasteiger partial charge in [0, 0.05) is 5.69 Å². The normalized spacial score (nSPS) is 10.3. The first kappa shape index (κ1) is 14.1. The van der Waals surface area contributed by atoms with Crippen LogP contribution in [0.2, 0.25) is 0 Å². The molecule has 0 saturated carbocycles. The molecule has 1 heterocycles. The standard InChI is InChI=1S/C16H17NO3/c1-4-14-15(8-5-11(3)17-14)20-12-6-7-13(16(18)19)10(2)9-12/h5-9H,4H2,1-3H3,(H,18,19).